The first-order chi connectivity index (χ1) is 9.16. The molecule has 3 rings (SSSR count). The molecule has 1 unspecified atom stereocenters. The maximum Gasteiger partial charge on any atom is 0.287 e. The summed E-state index contributed by atoms with van der Waals surface area (Å²) >= 11 is 0. The highest BCUT2D eigenvalue weighted by Gasteiger charge is 2.25. The van der Waals surface area contributed by atoms with Gasteiger partial charge >= 0.3 is 0 Å². The van der Waals surface area contributed by atoms with Crippen LogP contribution >= 0.6 is 0 Å². The van der Waals surface area contributed by atoms with Crippen LogP contribution in [0.5, 0.6) is 5.75 Å². The van der Waals surface area contributed by atoms with Crippen LogP contribution in [0.3, 0.4) is 0 Å². The SMILES string of the molecule is Cc1nc(C2CCOc3ccccc32)[nH]c(=O)c1F. The lowest BCUT2D eigenvalue weighted by Gasteiger charge is -2.25. The Labute approximate surface area is 109 Å². The largest absolute Gasteiger partial charge is 0.493 e. The molecule has 0 bridgehead atoms. The first kappa shape index (κ1) is 11.9. The molecule has 1 aliphatic heterocycles. The smallest absolute Gasteiger partial charge is 0.287 e. The van der Waals surface area contributed by atoms with E-state index in [9.17, 15) is 9.18 Å². The third-order valence-electron chi connectivity index (χ3n) is 3.34. The fourth-order valence-electron chi connectivity index (χ4n) is 2.38. The fourth-order valence-corrected chi connectivity index (χ4v) is 2.38. The fraction of sp³-hybridized carbons (Fsp3) is 0.286. The van der Waals surface area contributed by atoms with Gasteiger partial charge in [0.1, 0.15) is 11.6 Å². The second kappa shape index (κ2) is 4.50. The predicted molar refractivity (Wildman–Crippen MR) is 67.9 cm³/mol. The van der Waals surface area contributed by atoms with E-state index >= 15 is 0 Å². The summed E-state index contributed by atoms with van der Waals surface area (Å²) < 4.78 is 18.9. The molecule has 1 N–H and O–H groups in total. The summed E-state index contributed by atoms with van der Waals surface area (Å²) in [5, 5.41) is 0. The first-order valence-electron chi connectivity index (χ1n) is 6.15. The van der Waals surface area contributed by atoms with Gasteiger partial charge in [-0.1, -0.05) is 18.2 Å². The van der Waals surface area contributed by atoms with Crippen LogP contribution < -0.4 is 10.3 Å². The van der Waals surface area contributed by atoms with Crippen LogP contribution in [0.4, 0.5) is 4.39 Å². The molecule has 2 aromatic rings. The van der Waals surface area contributed by atoms with Crippen molar-refractivity contribution < 1.29 is 9.13 Å². The van der Waals surface area contributed by atoms with Gasteiger partial charge in [-0.25, -0.2) is 4.98 Å². The van der Waals surface area contributed by atoms with E-state index < -0.39 is 11.4 Å². The van der Waals surface area contributed by atoms with Crippen molar-refractivity contribution in [1.82, 2.24) is 9.97 Å². The number of para-hydroxylation sites is 1. The third-order valence-corrected chi connectivity index (χ3v) is 3.34. The number of aryl methyl sites for hydroxylation is 1. The Morgan fingerprint density at radius 2 is 2.21 bits per heavy atom. The lowest BCUT2D eigenvalue weighted by molar-refractivity contribution is 0.274. The molecule has 0 saturated heterocycles. The third kappa shape index (κ3) is 2.01. The van der Waals surface area contributed by atoms with Gasteiger partial charge in [-0.3, -0.25) is 4.79 Å². The van der Waals surface area contributed by atoms with Gasteiger partial charge in [0, 0.05) is 11.5 Å². The average Bonchev–Trinajstić information content (AvgIpc) is 2.43. The minimum atomic E-state index is -0.816. The van der Waals surface area contributed by atoms with Crippen molar-refractivity contribution in [2.24, 2.45) is 0 Å². The summed E-state index contributed by atoms with van der Waals surface area (Å²) in [7, 11) is 0. The molecule has 5 heteroatoms. The zero-order chi connectivity index (χ0) is 13.4. The Morgan fingerprint density at radius 1 is 1.42 bits per heavy atom. The van der Waals surface area contributed by atoms with E-state index in [1.54, 1.807) is 0 Å². The first-order valence-corrected chi connectivity index (χ1v) is 6.15. The van der Waals surface area contributed by atoms with Crippen molar-refractivity contribution in [3.63, 3.8) is 0 Å². The number of nitrogens with zero attached hydrogens (tertiary/aromatic N) is 1. The maximum atomic E-state index is 13.3. The van der Waals surface area contributed by atoms with Crippen LogP contribution in [0.15, 0.2) is 29.1 Å². The topological polar surface area (TPSA) is 55.0 Å². The van der Waals surface area contributed by atoms with Gasteiger partial charge in [-0.15, -0.1) is 0 Å². The van der Waals surface area contributed by atoms with E-state index in [-0.39, 0.29) is 11.6 Å². The maximum absolute atomic E-state index is 13.3. The Morgan fingerprint density at radius 3 is 3.00 bits per heavy atom. The highest BCUT2D eigenvalue weighted by atomic mass is 19.1. The van der Waals surface area contributed by atoms with Crippen LogP contribution in [0.1, 0.15) is 29.4 Å². The zero-order valence-electron chi connectivity index (χ0n) is 10.4. The Hall–Kier alpha value is -2.17. The second-order valence-electron chi connectivity index (χ2n) is 4.58. The normalized spacial score (nSPS) is 17.7. The van der Waals surface area contributed by atoms with Crippen molar-refractivity contribution in [3.05, 3.63) is 57.5 Å². The summed E-state index contributed by atoms with van der Waals surface area (Å²) in [6.45, 7) is 2.06. The lowest BCUT2D eigenvalue weighted by Crippen LogP contribution is -2.23. The number of halogens is 1. The molecule has 0 fully saturated rings. The number of ether oxygens (including phenoxy) is 1. The van der Waals surface area contributed by atoms with E-state index in [4.69, 9.17) is 4.74 Å². The molecule has 1 atom stereocenters. The summed E-state index contributed by atoms with van der Waals surface area (Å²) in [6.07, 6.45) is 0.713. The van der Waals surface area contributed by atoms with Crippen molar-refractivity contribution in [2.45, 2.75) is 19.3 Å². The minimum Gasteiger partial charge on any atom is -0.493 e. The molecule has 0 aliphatic carbocycles. The number of hydrogen-bond acceptors (Lipinski definition) is 3. The van der Waals surface area contributed by atoms with E-state index in [0.29, 0.717) is 18.9 Å². The summed E-state index contributed by atoms with van der Waals surface area (Å²) in [4.78, 5) is 18.2. The van der Waals surface area contributed by atoms with Crippen molar-refractivity contribution in [1.29, 1.82) is 0 Å². The van der Waals surface area contributed by atoms with E-state index in [1.165, 1.54) is 6.92 Å². The molecule has 0 radical (unpaired) electrons. The quantitative estimate of drug-likeness (QED) is 0.854. The van der Waals surface area contributed by atoms with Gasteiger partial charge in [0.15, 0.2) is 0 Å². The number of H-pyrrole nitrogens is 1. The lowest BCUT2D eigenvalue weighted by atomic mass is 9.92. The zero-order valence-corrected chi connectivity index (χ0v) is 10.4. The number of aromatic nitrogens is 2. The number of rotatable bonds is 1. The van der Waals surface area contributed by atoms with Crippen LogP contribution in [0, 0.1) is 12.7 Å². The summed E-state index contributed by atoms with van der Waals surface area (Å²) in [6, 6.07) is 7.64. The van der Waals surface area contributed by atoms with Crippen molar-refractivity contribution in [2.75, 3.05) is 6.61 Å². The van der Waals surface area contributed by atoms with Gasteiger partial charge in [-0.05, 0) is 19.4 Å². The van der Waals surface area contributed by atoms with E-state index in [1.807, 2.05) is 24.3 Å². The van der Waals surface area contributed by atoms with Crippen molar-refractivity contribution in [3.8, 4) is 5.75 Å². The molecule has 0 saturated carbocycles. The Kier molecular flexibility index (Phi) is 2.81. The number of hydrogen-bond donors (Lipinski definition) is 1. The van der Waals surface area contributed by atoms with Gasteiger partial charge in [-0.2, -0.15) is 4.39 Å². The summed E-state index contributed by atoms with van der Waals surface area (Å²) in [5.41, 5.74) is 0.386. The molecular weight excluding hydrogens is 247 g/mol. The van der Waals surface area contributed by atoms with Gasteiger partial charge < -0.3 is 9.72 Å². The second-order valence-corrected chi connectivity index (χ2v) is 4.58. The van der Waals surface area contributed by atoms with Crippen LogP contribution in [-0.4, -0.2) is 16.6 Å². The van der Waals surface area contributed by atoms with Crippen molar-refractivity contribution >= 4 is 0 Å². The Bertz CT molecular complexity index is 681. The molecule has 19 heavy (non-hydrogen) atoms. The molecule has 1 aromatic heterocycles. The number of fused-ring (bicyclic) bond motifs is 1. The van der Waals surface area contributed by atoms with Crippen LogP contribution in [0.2, 0.25) is 0 Å². The molecule has 4 nitrogen and oxygen atoms in total. The molecule has 2 heterocycles. The average molecular weight is 260 g/mol. The summed E-state index contributed by atoms with van der Waals surface area (Å²) in [5.74, 6) is 0.420. The molecule has 1 aliphatic rings. The minimum absolute atomic E-state index is 0.0584. The van der Waals surface area contributed by atoms with Crippen LogP contribution in [0.25, 0.3) is 0 Å². The molecule has 98 valence electrons. The molecule has 1 aromatic carbocycles. The number of benzene rings is 1. The molecular formula is C14H13FN2O2. The van der Waals surface area contributed by atoms with E-state index in [2.05, 4.69) is 9.97 Å². The molecule has 0 amide bonds. The number of aromatic amines is 1. The van der Waals surface area contributed by atoms with Gasteiger partial charge in [0.05, 0.1) is 12.3 Å². The van der Waals surface area contributed by atoms with E-state index in [0.717, 1.165) is 11.3 Å². The van der Waals surface area contributed by atoms with Gasteiger partial charge in [0.25, 0.3) is 5.56 Å². The monoisotopic (exact) mass is 260 g/mol. The van der Waals surface area contributed by atoms with Crippen LogP contribution in [-0.2, 0) is 0 Å². The number of nitrogens with one attached hydrogen (secondary N) is 1. The predicted octanol–water partition coefficient (Wildman–Crippen LogP) is 2.13. The Balaban J connectivity index is 2.12. The highest BCUT2D eigenvalue weighted by Crippen LogP contribution is 2.36. The highest BCUT2D eigenvalue weighted by molar-refractivity contribution is 5.40. The van der Waals surface area contributed by atoms with Gasteiger partial charge in [0.2, 0.25) is 5.82 Å². The standard InChI is InChI=1S/C14H13FN2O2/c1-8-12(15)14(18)17-13(16-8)10-6-7-19-11-5-3-2-4-9(10)11/h2-5,10H,6-7H2,1H3,(H,16,17,18). The molecule has 0 spiro atoms.